The average Bonchev–Trinajstić information content (AvgIpc) is 2.20. The van der Waals surface area contributed by atoms with E-state index in [9.17, 15) is 4.39 Å². The fourth-order valence-electron chi connectivity index (χ4n) is 2.22. The first-order valence-electron chi connectivity index (χ1n) is 5.23. The van der Waals surface area contributed by atoms with E-state index < -0.39 is 0 Å². The number of benzene rings is 1. The van der Waals surface area contributed by atoms with Crippen molar-refractivity contribution < 1.29 is 4.39 Å². The highest BCUT2D eigenvalue weighted by atomic mass is 19.1. The SMILES string of the molecule is C[C@@H]1CNCCC1c1ccc(F)cc1. The Balaban J connectivity index is 2.16. The molecular formula is C12H16FN. The molecule has 1 unspecified atom stereocenters. The van der Waals surface area contributed by atoms with Gasteiger partial charge in [0.2, 0.25) is 0 Å². The molecule has 1 saturated heterocycles. The van der Waals surface area contributed by atoms with Gasteiger partial charge in [0.1, 0.15) is 5.82 Å². The van der Waals surface area contributed by atoms with Crippen molar-refractivity contribution in [2.45, 2.75) is 19.3 Å². The van der Waals surface area contributed by atoms with Crippen molar-refractivity contribution in [2.75, 3.05) is 13.1 Å². The molecule has 1 fully saturated rings. The summed E-state index contributed by atoms with van der Waals surface area (Å²) in [5.41, 5.74) is 1.28. The number of hydrogen-bond donors (Lipinski definition) is 1. The van der Waals surface area contributed by atoms with Crippen LogP contribution in [0.15, 0.2) is 24.3 Å². The largest absolute Gasteiger partial charge is 0.316 e. The summed E-state index contributed by atoms with van der Waals surface area (Å²) < 4.78 is 12.7. The van der Waals surface area contributed by atoms with E-state index in [0.717, 1.165) is 19.5 Å². The van der Waals surface area contributed by atoms with E-state index in [-0.39, 0.29) is 5.82 Å². The van der Waals surface area contributed by atoms with E-state index in [4.69, 9.17) is 0 Å². The fraction of sp³-hybridized carbons (Fsp3) is 0.500. The molecule has 1 aliphatic heterocycles. The lowest BCUT2D eigenvalue weighted by molar-refractivity contribution is 0.349. The van der Waals surface area contributed by atoms with E-state index in [2.05, 4.69) is 12.2 Å². The molecule has 14 heavy (non-hydrogen) atoms. The molecule has 2 rings (SSSR count). The molecule has 0 aliphatic carbocycles. The molecule has 0 saturated carbocycles. The zero-order valence-electron chi connectivity index (χ0n) is 8.46. The highest BCUT2D eigenvalue weighted by Crippen LogP contribution is 2.29. The zero-order valence-corrected chi connectivity index (χ0v) is 8.46. The Morgan fingerprint density at radius 1 is 1.29 bits per heavy atom. The maximum Gasteiger partial charge on any atom is 0.123 e. The van der Waals surface area contributed by atoms with Crippen molar-refractivity contribution in [2.24, 2.45) is 5.92 Å². The maximum absolute atomic E-state index is 12.7. The molecule has 0 aromatic heterocycles. The summed E-state index contributed by atoms with van der Waals surface area (Å²) >= 11 is 0. The molecule has 1 aliphatic rings. The Morgan fingerprint density at radius 3 is 2.64 bits per heavy atom. The van der Waals surface area contributed by atoms with E-state index in [1.807, 2.05) is 12.1 Å². The number of nitrogens with one attached hydrogen (secondary N) is 1. The second-order valence-electron chi connectivity index (χ2n) is 4.13. The van der Waals surface area contributed by atoms with Crippen LogP contribution in [-0.4, -0.2) is 13.1 Å². The summed E-state index contributed by atoms with van der Waals surface area (Å²) in [6.07, 6.45) is 1.16. The third kappa shape index (κ3) is 1.95. The second-order valence-corrected chi connectivity index (χ2v) is 4.13. The number of halogens is 1. The van der Waals surface area contributed by atoms with Crippen molar-refractivity contribution in [3.63, 3.8) is 0 Å². The smallest absolute Gasteiger partial charge is 0.123 e. The number of piperidine rings is 1. The second kappa shape index (κ2) is 4.09. The molecule has 1 aromatic rings. The summed E-state index contributed by atoms with van der Waals surface area (Å²) in [6, 6.07) is 6.96. The van der Waals surface area contributed by atoms with Gasteiger partial charge in [0.15, 0.2) is 0 Å². The summed E-state index contributed by atoms with van der Waals surface area (Å²) in [4.78, 5) is 0. The minimum absolute atomic E-state index is 0.143. The Bertz CT molecular complexity index is 294. The number of rotatable bonds is 1. The van der Waals surface area contributed by atoms with E-state index in [0.29, 0.717) is 11.8 Å². The van der Waals surface area contributed by atoms with Crippen molar-refractivity contribution >= 4 is 0 Å². The van der Waals surface area contributed by atoms with Gasteiger partial charge in [0, 0.05) is 0 Å². The molecule has 0 bridgehead atoms. The molecule has 1 N–H and O–H groups in total. The van der Waals surface area contributed by atoms with Gasteiger partial charge in [0.25, 0.3) is 0 Å². The maximum atomic E-state index is 12.7. The molecule has 0 radical (unpaired) electrons. The van der Waals surface area contributed by atoms with Crippen LogP contribution in [-0.2, 0) is 0 Å². The summed E-state index contributed by atoms with van der Waals surface area (Å²) in [5.74, 6) is 1.10. The van der Waals surface area contributed by atoms with Crippen LogP contribution in [0.3, 0.4) is 0 Å². The van der Waals surface area contributed by atoms with Gasteiger partial charge in [-0.2, -0.15) is 0 Å². The standard InChI is InChI=1S/C12H16FN/c1-9-8-14-7-6-12(9)10-2-4-11(13)5-3-10/h2-5,9,12,14H,6-8H2,1H3/t9-,12?/m1/s1. The minimum Gasteiger partial charge on any atom is -0.316 e. The van der Waals surface area contributed by atoms with Crippen molar-refractivity contribution in [3.8, 4) is 0 Å². The first-order valence-corrected chi connectivity index (χ1v) is 5.23. The van der Waals surface area contributed by atoms with Crippen molar-refractivity contribution in [3.05, 3.63) is 35.6 Å². The molecule has 0 amide bonds. The minimum atomic E-state index is -0.143. The van der Waals surface area contributed by atoms with Gasteiger partial charge < -0.3 is 5.32 Å². The zero-order chi connectivity index (χ0) is 9.97. The molecule has 1 heterocycles. The summed E-state index contributed by atoms with van der Waals surface area (Å²) in [6.45, 7) is 4.40. The normalized spacial score (nSPS) is 27.6. The molecule has 1 aromatic carbocycles. The van der Waals surface area contributed by atoms with Crippen LogP contribution in [0.4, 0.5) is 4.39 Å². The highest BCUT2D eigenvalue weighted by Gasteiger charge is 2.22. The van der Waals surface area contributed by atoms with E-state index in [1.54, 1.807) is 12.1 Å². The van der Waals surface area contributed by atoms with Gasteiger partial charge in [-0.15, -0.1) is 0 Å². The Kier molecular flexibility index (Phi) is 2.82. The molecule has 2 atom stereocenters. The van der Waals surface area contributed by atoms with Crippen molar-refractivity contribution in [1.29, 1.82) is 0 Å². The van der Waals surface area contributed by atoms with Gasteiger partial charge in [-0.05, 0) is 49.0 Å². The fourth-order valence-corrected chi connectivity index (χ4v) is 2.22. The Labute approximate surface area is 84.3 Å². The van der Waals surface area contributed by atoms with Crippen LogP contribution >= 0.6 is 0 Å². The predicted octanol–water partition coefficient (Wildman–Crippen LogP) is 2.54. The van der Waals surface area contributed by atoms with Gasteiger partial charge in [-0.25, -0.2) is 4.39 Å². The topological polar surface area (TPSA) is 12.0 Å². The van der Waals surface area contributed by atoms with Gasteiger partial charge in [-0.3, -0.25) is 0 Å². The lowest BCUT2D eigenvalue weighted by atomic mass is 9.82. The van der Waals surface area contributed by atoms with Crippen LogP contribution in [0.2, 0.25) is 0 Å². The first-order chi connectivity index (χ1) is 6.77. The molecule has 2 heteroatoms. The molecular weight excluding hydrogens is 177 g/mol. The lowest BCUT2D eigenvalue weighted by Crippen LogP contribution is -2.33. The lowest BCUT2D eigenvalue weighted by Gasteiger charge is -2.29. The predicted molar refractivity (Wildman–Crippen MR) is 55.8 cm³/mol. The highest BCUT2D eigenvalue weighted by molar-refractivity contribution is 5.21. The van der Waals surface area contributed by atoms with Crippen molar-refractivity contribution in [1.82, 2.24) is 5.32 Å². The van der Waals surface area contributed by atoms with Crippen LogP contribution in [0.1, 0.15) is 24.8 Å². The van der Waals surface area contributed by atoms with Crippen LogP contribution in [0.25, 0.3) is 0 Å². The monoisotopic (exact) mass is 193 g/mol. The summed E-state index contributed by atoms with van der Waals surface area (Å²) in [5, 5.41) is 3.37. The van der Waals surface area contributed by atoms with Gasteiger partial charge >= 0.3 is 0 Å². The Hall–Kier alpha value is -0.890. The summed E-state index contributed by atoms with van der Waals surface area (Å²) in [7, 11) is 0. The number of hydrogen-bond acceptors (Lipinski definition) is 1. The first kappa shape index (κ1) is 9.66. The van der Waals surface area contributed by atoms with E-state index >= 15 is 0 Å². The molecule has 76 valence electrons. The third-order valence-electron chi connectivity index (χ3n) is 3.08. The molecule has 0 spiro atoms. The average molecular weight is 193 g/mol. The quantitative estimate of drug-likeness (QED) is 0.722. The van der Waals surface area contributed by atoms with Crippen LogP contribution in [0, 0.1) is 11.7 Å². The molecule has 1 nitrogen and oxygen atoms in total. The Morgan fingerprint density at radius 2 is 2.00 bits per heavy atom. The van der Waals surface area contributed by atoms with Crippen LogP contribution in [0.5, 0.6) is 0 Å². The van der Waals surface area contributed by atoms with E-state index in [1.165, 1.54) is 5.56 Å². The van der Waals surface area contributed by atoms with Gasteiger partial charge in [-0.1, -0.05) is 19.1 Å². The van der Waals surface area contributed by atoms with Crippen LogP contribution < -0.4 is 5.32 Å². The third-order valence-corrected chi connectivity index (χ3v) is 3.08. The van der Waals surface area contributed by atoms with Gasteiger partial charge in [0.05, 0.1) is 0 Å².